The second kappa shape index (κ2) is 3.50. The Morgan fingerprint density at radius 1 is 1.67 bits per heavy atom. The van der Waals surface area contributed by atoms with Gasteiger partial charge in [0, 0.05) is 28.6 Å². The van der Waals surface area contributed by atoms with Crippen molar-refractivity contribution in [3.63, 3.8) is 0 Å². The number of hydrogen-bond donors (Lipinski definition) is 2. The van der Waals surface area contributed by atoms with Crippen LogP contribution in [0.5, 0.6) is 0 Å². The van der Waals surface area contributed by atoms with Gasteiger partial charge in [-0.1, -0.05) is 0 Å². The number of rotatable bonds is 1. The van der Waals surface area contributed by atoms with Crippen molar-refractivity contribution in [2.75, 3.05) is 0 Å². The number of H-pyrrole nitrogens is 1. The fourth-order valence-corrected chi connectivity index (χ4v) is 0.463. The molecule has 1 radical (unpaired) electrons. The molecular weight excluding hydrogens is 303 g/mol. The van der Waals surface area contributed by atoms with Gasteiger partial charge in [0.05, 0.1) is 0 Å². The van der Waals surface area contributed by atoms with E-state index >= 15 is 0 Å². The summed E-state index contributed by atoms with van der Waals surface area (Å²) in [6.07, 6.45) is 1.57. The molecule has 1 aromatic heterocycles. The topological polar surface area (TPSA) is 53.1 Å². The zero-order chi connectivity index (χ0) is 5.98. The molecule has 0 fully saturated rings. The van der Waals surface area contributed by atoms with E-state index in [1.165, 1.54) is 6.07 Å². The molecule has 0 aromatic carbocycles. The Kier molecular flexibility index (Phi) is 3.30. The van der Waals surface area contributed by atoms with Crippen LogP contribution in [0.25, 0.3) is 0 Å². The minimum absolute atomic E-state index is 0. The number of carboxylic acids is 1. The van der Waals surface area contributed by atoms with Crippen LogP contribution < -0.4 is 0 Å². The smallest absolute Gasteiger partial charge is 0.352 e. The van der Waals surface area contributed by atoms with Crippen LogP contribution in [0.1, 0.15) is 10.5 Å². The summed E-state index contributed by atoms with van der Waals surface area (Å²) in [4.78, 5) is 12.6. The molecule has 0 aliphatic rings. The number of aromatic amines is 1. The monoisotopic (exact) mass is 308 g/mol. The largest absolute Gasteiger partial charge is 0.477 e. The van der Waals surface area contributed by atoms with Crippen LogP contribution in [0.3, 0.4) is 0 Å². The summed E-state index contributed by atoms with van der Waals surface area (Å²) in [5, 5.41) is 8.24. The van der Waals surface area contributed by atoms with E-state index in [0.29, 0.717) is 0 Å². The van der Waals surface area contributed by atoms with E-state index in [2.05, 4.69) is 4.98 Å². The standard InChI is InChI=1S/C5H5NO2.Au/c7-5(8)4-2-1-3-6-4;/h1-3,6H,(H,7,8);. The van der Waals surface area contributed by atoms with Crippen molar-refractivity contribution in [2.45, 2.75) is 0 Å². The summed E-state index contributed by atoms with van der Waals surface area (Å²) in [6.45, 7) is 0. The van der Waals surface area contributed by atoms with Crippen LogP contribution in [0, 0.1) is 0 Å². The van der Waals surface area contributed by atoms with Gasteiger partial charge in [0.2, 0.25) is 0 Å². The molecule has 0 aliphatic heterocycles. The Morgan fingerprint density at radius 3 is 2.56 bits per heavy atom. The van der Waals surface area contributed by atoms with Crippen LogP contribution in [0.2, 0.25) is 0 Å². The fraction of sp³-hybridized carbons (Fsp3) is 0. The maximum Gasteiger partial charge on any atom is 0.352 e. The molecule has 4 heteroatoms. The van der Waals surface area contributed by atoms with E-state index in [1.807, 2.05) is 0 Å². The van der Waals surface area contributed by atoms with Crippen molar-refractivity contribution in [1.29, 1.82) is 0 Å². The second-order valence-electron chi connectivity index (χ2n) is 1.39. The first-order chi connectivity index (χ1) is 3.80. The summed E-state index contributed by atoms with van der Waals surface area (Å²) in [5.41, 5.74) is 0.227. The van der Waals surface area contributed by atoms with Crippen LogP contribution in [0.15, 0.2) is 18.3 Å². The number of carboxylic acid groups (broad SMARTS) is 1. The molecule has 1 heterocycles. The molecule has 0 saturated heterocycles. The Hall–Kier alpha value is -0.510. The molecule has 3 nitrogen and oxygen atoms in total. The predicted molar refractivity (Wildman–Crippen MR) is 27.8 cm³/mol. The first kappa shape index (κ1) is 8.49. The first-order valence-electron chi connectivity index (χ1n) is 2.17. The van der Waals surface area contributed by atoms with Gasteiger partial charge < -0.3 is 10.1 Å². The van der Waals surface area contributed by atoms with Gasteiger partial charge in [-0.25, -0.2) is 4.79 Å². The molecule has 0 bridgehead atoms. The molecule has 0 saturated carbocycles. The maximum absolute atomic E-state index is 10.0. The Morgan fingerprint density at radius 2 is 2.33 bits per heavy atom. The van der Waals surface area contributed by atoms with E-state index in [1.54, 1.807) is 12.3 Å². The number of carbonyl (C=O) groups is 1. The molecule has 0 atom stereocenters. The Balaban J connectivity index is 0.000000640. The van der Waals surface area contributed by atoms with Crippen molar-refractivity contribution < 1.29 is 32.3 Å². The molecule has 1 rings (SSSR count). The van der Waals surface area contributed by atoms with E-state index < -0.39 is 5.97 Å². The van der Waals surface area contributed by atoms with E-state index in [-0.39, 0.29) is 28.1 Å². The molecule has 0 aliphatic carbocycles. The molecule has 0 amide bonds. The third kappa shape index (κ3) is 2.05. The molecule has 0 spiro atoms. The van der Waals surface area contributed by atoms with Crippen molar-refractivity contribution in [3.8, 4) is 0 Å². The normalized spacial score (nSPS) is 8.00. The molecule has 9 heavy (non-hydrogen) atoms. The van der Waals surface area contributed by atoms with Crippen LogP contribution in [0.4, 0.5) is 0 Å². The first-order valence-corrected chi connectivity index (χ1v) is 2.17. The average Bonchev–Trinajstić information content (AvgIpc) is 2.12. The van der Waals surface area contributed by atoms with Crippen LogP contribution >= 0.6 is 0 Å². The summed E-state index contributed by atoms with van der Waals surface area (Å²) in [5.74, 6) is -0.921. The number of hydrogen-bond acceptors (Lipinski definition) is 1. The van der Waals surface area contributed by atoms with E-state index in [9.17, 15) is 4.79 Å². The number of aromatic carboxylic acids is 1. The minimum atomic E-state index is -0.921. The molecule has 2 N–H and O–H groups in total. The van der Waals surface area contributed by atoms with Gasteiger partial charge in [-0.2, -0.15) is 0 Å². The van der Waals surface area contributed by atoms with Gasteiger partial charge in [0.15, 0.2) is 0 Å². The van der Waals surface area contributed by atoms with Gasteiger partial charge in [0.25, 0.3) is 0 Å². The molecular formula is C5H5AuNO2. The summed E-state index contributed by atoms with van der Waals surface area (Å²) >= 11 is 0. The van der Waals surface area contributed by atoms with Crippen molar-refractivity contribution in [3.05, 3.63) is 24.0 Å². The van der Waals surface area contributed by atoms with Gasteiger partial charge >= 0.3 is 5.97 Å². The fourth-order valence-electron chi connectivity index (χ4n) is 0.463. The van der Waals surface area contributed by atoms with E-state index in [0.717, 1.165) is 0 Å². The SMILES string of the molecule is O=C(O)c1ccc[nH]1.[Au]. The maximum atomic E-state index is 10.0. The van der Waals surface area contributed by atoms with Crippen LogP contribution in [-0.2, 0) is 22.4 Å². The van der Waals surface area contributed by atoms with Crippen LogP contribution in [-0.4, -0.2) is 16.1 Å². The minimum Gasteiger partial charge on any atom is -0.477 e. The quantitative estimate of drug-likeness (QED) is 0.751. The van der Waals surface area contributed by atoms with E-state index in [4.69, 9.17) is 5.11 Å². The van der Waals surface area contributed by atoms with Gasteiger partial charge in [0.1, 0.15) is 5.69 Å². The molecule has 1 aromatic rings. The third-order valence-electron chi connectivity index (χ3n) is 0.828. The Labute approximate surface area is 67.6 Å². The van der Waals surface area contributed by atoms with Gasteiger partial charge in [-0.3, -0.25) is 0 Å². The number of aromatic nitrogens is 1. The summed E-state index contributed by atoms with van der Waals surface area (Å²) in [7, 11) is 0. The number of nitrogens with one attached hydrogen (secondary N) is 1. The summed E-state index contributed by atoms with van der Waals surface area (Å²) < 4.78 is 0. The zero-order valence-electron chi connectivity index (χ0n) is 4.39. The molecule has 0 unspecified atom stereocenters. The van der Waals surface area contributed by atoms with Crippen molar-refractivity contribution in [2.24, 2.45) is 0 Å². The zero-order valence-corrected chi connectivity index (χ0v) is 6.56. The van der Waals surface area contributed by atoms with Crippen molar-refractivity contribution >= 4 is 5.97 Å². The summed E-state index contributed by atoms with van der Waals surface area (Å²) in [6, 6.07) is 3.14. The third-order valence-corrected chi connectivity index (χ3v) is 0.828. The second-order valence-corrected chi connectivity index (χ2v) is 1.39. The molecule has 53 valence electrons. The Bertz CT molecular complexity index is 183. The predicted octanol–water partition coefficient (Wildman–Crippen LogP) is 0.710. The van der Waals surface area contributed by atoms with Gasteiger partial charge in [-0.05, 0) is 12.1 Å². The average molecular weight is 308 g/mol. The van der Waals surface area contributed by atoms with Crippen molar-refractivity contribution in [1.82, 2.24) is 4.98 Å². The van der Waals surface area contributed by atoms with Gasteiger partial charge in [-0.15, -0.1) is 0 Å².